The number of thioether (sulfide) groups is 1. The van der Waals surface area contributed by atoms with E-state index >= 15 is 0 Å². The molecule has 1 heterocycles. The van der Waals surface area contributed by atoms with E-state index in [-0.39, 0.29) is 0 Å². The summed E-state index contributed by atoms with van der Waals surface area (Å²) in [6.07, 6.45) is 2.05. The van der Waals surface area contributed by atoms with Gasteiger partial charge in [0, 0.05) is 5.69 Å². The van der Waals surface area contributed by atoms with Gasteiger partial charge in [0.15, 0.2) is 0 Å². The number of anilines is 1. The van der Waals surface area contributed by atoms with E-state index in [1.807, 2.05) is 11.8 Å². The Morgan fingerprint density at radius 2 is 2.06 bits per heavy atom. The van der Waals surface area contributed by atoms with Crippen molar-refractivity contribution < 1.29 is 9.90 Å². The van der Waals surface area contributed by atoms with Gasteiger partial charge >= 0.3 is 5.97 Å². The van der Waals surface area contributed by atoms with Gasteiger partial charge < -0.3 is 10.8 Å². The molecule has 86 valence electrons. The molecule has 0 aliphatic carbocycles. The first kappa shape index (κ1) is 11.3. The highest BCUT2D eigenvalue weighted by molar-refractivity contribution is 7.99. The van der Waals surface area contributed by atoms with Crippen LogP contribution in [0.1, 0.15) is 34.7 Å². The molecule has 0 amide bonds. The molecule has 0 saturated carbocycles. The van der Waals surface area contributed by atoms with Gasteiger partial charge in [0.25, 0.3) is 0 Å². The second-order valence-corrected chi connectivity index (χ2v) is 5.23. The number of benzene rings is 1. The van der Waals surface area contributed by atoms with Crippen molar-refractivity contribution in [3.63, 3.8) is 0 Å². The molecule has 0 bridgehead atoms. The fourth-order valence-electron chi connectivity index (χ4n) is 2.21. The highest BCUT2D eigenvalue weighted by Gasteiger charge is 2.23. The summed E-state index contributed by atoms with van der Waals surface area (Å²) in [5.41, 5.74) is 7.76. The van der Waals surface area contributed by atoms with Crippen molar-refractivity contribution in [3.8, 4) is 0 Å². The van der Waals surface area contributed by atoms with Crippen LogP contribution in [0, 0.1) is 0 Å². The third-order valence-electron chi connectivity index (χ3n) is 3.00. The molecular formula is C12H15NO2S. The van der Waals surface area contributed by atoms with Gasteiger partial charge in [-0.15, -0.1) is 0 Å². The number of nitrogens with two attached hydrogens (primary N) is 1. The average Bonchev–Trinajstić information content (AvgIpc) is 2.29. The first-order valence-corrected chi connectivity index (χ1v) is 6.55. The molecule has 4 heteroatoms. The van der Waals surface area contributed by atoms with Crippen molar-refractivity contribution in [2.45, 2.75) is 18.8 Å². The van der Waals surface area contributed by atoms with Crippen LogP contribution in [-0.4, -0.2) is 22.6 Å². The molecule has 3 N–H and O–H groups in total. The maximum absolute atomic E-state index is 11.2. The van der Waals surface area contributed by atoms with Crippen LogP contribution in [0.4, 0.5) is 5.69 Å². The number of nitrogen functional groups attached to an aromatic ring is 1. The molecule has 0 spiro atoms. The van der Waals surface area contributed by atoms with Crippen molar-refractivity contribution in [2.24, 2.45) is 0 Å². The van der Waals surface area contributed by atoms with Gasteiger partial charge in [-0.1, -0.05) is 6.07 Å². The molecule has 1 aliphatic rings. The number of hydrogen-bond acceptors (Lipinski definition) is 3. The molecule has 1 aromatic rings. The van der Waals surface area contributed by atoms with E-state index in [0.29, 0.717) is 17.2 Å². The van der Waals surface area contributed by atoms with Crippen LogP contribution in [0.15, 0.2) is 18.2 Å². The summed E-state index contributed by atoms with van der Waals surface area (Å²) < 4.78 is 0. The third-order valence-corrected chi connectivity index (χ3v) is 4.05. The molecular weight excluding hydrogens is 222 g/mol. The summed E-state index contributed by atoms with van der Waals surface area (Å²) >= 11 is 1.93. The number of rotatable bonds is 2. The molecule has 0 atom stereocenters. The van der Waals surface area contributed by atoms with Gasteiger partial charge in [-0.05, 0) is 48.0 Å². The lowest BCUT2D eigenvalue weighted by molar-refractivity contribution is 0.0695. The zero-order chi connectivity index (χ0) is 11.5. The lowest BCUT2D eigenvalue weighted by Gasteiger charge is -2.24. The Balaban J connectivity index is 2.40. The maximum atomic E-state index is 11.2. The van der Waals surface area contributed by atoms with Crippen LogP contribution in [0.5, 0.6) is 0 Å². The predicted octanol–water partition coefficient (Wildman–Crippen LogP) is 2.58. The monoisotopic (exact) mass is 237 g/mol. The lowest BCUT2D eigenvalue weighted by Crippen LogP contribution is -2.14. The molecule has 2 rings (SSSR count). The molecule has 3 nitrogen and oxygen atoms in total. The van der Waals surface area contributed by atoms with E-state index in [0.717, 1.165) is 29.9 Å². The Morgan fingerprint density at radius 3 is 2.69 bits per heavy atom. The van der Waals surface area contributed by atoms with Gasteiger partial charge in [0.05, 0.1) is 5.56 Å². The Hall–Kier alpha value is -1.16. The first-order valence-electron chi connectivity index (χ1n) is 5.39. The number of carboxylic acids is 1. The van der Waals surface area contributed by atoms with Gasteiger partial charge in [-0.2, -0.15) is 11.8 Å². The fraction of sp³-hybridized carbons (Fsp3) is 0.417. The van der Waals surface area contributed by atoms with Crippen molar-refractivity contribution in [1.82, 2.24) is 0 Å². The second-order valence-electron chi connectivity index (χ2n) is 4.00. The quantitative estimate of drug-likeness (QED) is 0.776. The summed E-state index contributed by atoms with van der Waals surface area (Å²) in [7, 11) is 0. The minimum absolute atomic E-state index is 0.313. The van der Waals surface area contributed by atoms with Crippen LogP contribution < -0.4 is 5.73 Å². The van der Waals surface area contributed by atoms with Gasteiger partial charge in [-0.3, -0.25) is 0 Å². The molecule has 1 aromatic carbocycles. The Morgan fingerprint density at radius 1 is 1.38 bits per heavy atom. The van der Waals surface area contributed by atoms with Gasteiger partial charge in [-0.25, -0.2) is 4.79 Å². The van der Waals surface area contributed by atoms with Crippen LogP contribution in [0.25, 0.3) is 0 Å². The highest BCUT2D eigenvalue weighted by Crippen LogP contribution is 2.36. The lowest BCUT2D eigenvalue weighted by atomic mass is 9.88. The Labute approximate surface area is 99.0 Å². The Kier molecular flexibility index (Phi) is 3.39. The van der Waals surface area contributed by atoms with Crippen LogP contribution in [-0.2, 0) is 0 Å². The predicted molar refractivity (Wildman–Crippen MR) is 67.1 cm³/mol. The SMILES string of the molecule is Nc1cccc(C(=O)O)c1C1CCSCC1. The Bertz CT molecular complexity index is 400. The van der Waals surface area contributed by atoms with Crippen LogP contribution in [0.2, 0.25) is 0 Å². The molecule has 0 radical (unpaired) electrons. The molecule has 1 saturated heterocycles. The maximum Gasteiger partial charge on any atom is 0.336 e. The number of aromatic carboxylic acids is 1. The number of hydrogen-bond donors (Lipinski definition) is 2. The number of carboxylic acid groups (broad SMARTS) is 1. The number of carbonyl (C=O) groups is 1. The summed E-state index contributed by atoms with van der Waals surface area (Å²) in [4.78, 5) is 11.2. The largest absolute Gasteiger partial charge is 0.478 e. The summed E-state index contributed by atoms with van der Waals surface area (Å²) in [5.74, 6) is 1.63. The third kappa shape index (κ3) is 2.16. The standard InChI is InChI=1S/C12H15NO2S/c13-10-3-1-2-9(12(14)15)11(10)8-4-6-16-7-5-8/h1-3,8H,4-7,13H2,(H,14,15). The normalized spacial score (nSPS) is 17.2. The summed E-state index contributed by atoms with van der Waals surface area (Å²) in [6, 6.07) is 5.15. The van der Waals surface area contributed by atoms with E-state index < -0.39 is 5.97 Å². The minimum atomic E-state index is -0.875. The van der Waals surface area contributed by atoms with E-state index in [1.165, 1.54) is 0 Å². The van der Waals surface area contributed by atoms with E-state index in [1.54, 1.807) is 18.2 Å². The van der Waals surface area contributed by atoms with Crippen molar-refractivity contribution >= 4 is 23.4 Å². The van der Waals surface area contributed by atoms with E-state index in [2.05, 4.69) is 0 Å². The summed E-state index contributed by atoms with van der Waals surface area (Å²) in [5, 5.41) is 9.16. The zero-order valence-electron chi connectivity index (χ0n) is 8.98. The first-order chi connectivity index (χ1) is 7.70. The van der Waals surface area contributed by atoms with Crippen molar-refractivity contribution in [1.29, 1.82) is 0 Å². The molecule has 1 fully saturated rings. The van der Waals surface area contributed by atoms with Crippen LogP contribution >= 0.6 is 11.8 Å². The van der Waals surface area contributed by atoms with Gasteiger partial charge in [0.2, 0.25) is 0 Å². The fourth-order valence-corrected chi connectivity index (χ4v) is 3.32. The topological polar surface area (TPSA) is 63.3 Å². The smallest absolute Gasteiger partial charge is 0.336 e. The van der Waals surface area contributed by atoms with E-state index in [4.69, 9.17) is 10.8 Å². The van der Waals surface area contributed by atoms with Crippen molar-refractivity contribution in [3.05, 3.63) is 29.3 Å². The van der Waals surface area contributed by atoms with Gasteiger partial charge in [0.1, 0.15) is 0 Å². The minimum Gasteiger partial charge on any atom is -0.478 e. The summed E-state index contributed by atoms with van der Waals surface area (Å²) in [6.45, 7) is 0. The molecule has 0 aromatic heterocycles. The molecule has 1 aliphatic heterocycles. The molecule has 16 heavy (non-hydrogen) atoms. The van der Waals surface area contributed by atoms with E-state index in [9.17, 15) is 4.79 Å². The van der Waals surface area contributed by atoms with Crippen molar-refractivity contribution in [2.75, 3.05) is 17.2 Å². The van der Waals surface area contributed by atoms with Crippen LogP contribution in [0.3, 0.4) is 0 Å². The second kappa shape index (κ2) is 4.78. The highest BCUT2D eigenvalue weighted by atomic mass is 32.2. The zero-order valence-corrected chi connectivity index (χ0v) is 9.80. The molecule has 0 unspecified atom stereocenters. The average molecular weight is 237 g/mol.